The Morgan fingerprint density at radius 1 is 0.933 bits per heavy atom. The van der Waals surface area contributed by atoms with Crippen LogP contribution in [0.25, 0.3) is 0 Å². The van der Waals surface area contributed by atoms with E-state index in [1.54, 1.807) is 11.1 Å². The highest BCUT2D eigenvalue weighted by molar-refractivity contribution is 5.39. The molecular weight excluding hydrogens is 368 g/mol. The van der Waals surface area contributed by atoms with Gasteiger partial charge in [-0.15, -0.1) is 0 Å². The summed E-state index contributed by atoms with van der Waals surface area (Å²) in [6.45, 7) is 11.3. The molecule has 6 atom stereocenters. The lowest BCUT2D eigenvalue weighted by Crippen LogP contribution is -2.53. The SMILES string of the molecule is C[C@H](O)[C@H](C)O[C@@H](c1ccccc1)[C@H]1CC[C@]2(C)c3ccccc3CC[C@H]2C1(C)C. The van der Waals surface area contributed by atoms with Crippen molar-refractivity contribution in [1.29, 1.82) is 0 Å². The second-order valence-corrected chi connectivity index (χ2v) is 10.5. The quantitative estimate of drug-likeness (QED) is 0.616. The fourth-order valence-electron chi connectivity index (χ4n) is 6.62. The second kappa shape index (κ2) is 8.13. The molecule has 0 radical (unpaired) electrons. The van der Waals surface area contributed by atoms with Crippen LogP contribution in [0.4, 0.5) is 0 Å². The maximum absolute atomic E-state index is 10.2. The third-order valence-corrected chi connectivity index (χ3v) is 8.47. The lowest BCUT2D eigenvalue weighted by atomic mass is 9.46. The van der Waals surface area contributed by atoms with Crippen LogP contribution in [0.15, 0.2) is 54.6 Å². The maximum atomic E-state index is 10.2. The Hall–Kier alpha value is -1.64. The van der Waals surface area contributed by atoms with Crippen LogP contribution >= 0.6 is 0 Å². The molecule has 4 rings (SSSR count). The van der Waals surface area contributed by atoms with E-state index in [-0.39, 0.29) is 23.0 Å². The molecule has 2 heteroatoms. The van der Waals surface area contributed by atoms with Crippen molar-refractivity contribution >= 4 is 0 Å². The number of aryl methyl sites for hydroxylation is 1. The van der Waals surface area contributed by atoms with Gasteiger partial charge in [-0.3, -0.25) is 0 Å². The van der Waals surface area contributed by atoms with Crippen molar-refractivity contribution in [2.75, 3.05) is 0 Å². The van der Waals surface area contributed by atoms with E-state index in [0.29, 0.717) is 11.8 Å². The molecule has 1 N–H and O–H groups in total. The average Bonchev–Trinajstić information content (AvgIpc) is 2.73. The van der Waals surface area contributed by atoms with Gasteiger partial charge in [-0.1, -0.05) is 75.4 Å². The summed E-state index contributed by atoms with van der Waals surface area (Å²) < 4.78 is 6.61. The molecule has 0 aromatic heterocycles. The molecule has 30 heavy (non-hydrogen) atoms. The fourth-order valence-corrected chi connectivity index (χ4v) is 6.62. The molecule has 0 unspecified atom stereocenters. The summed E-state index contributed by atoms with van der Waals surface area (Å²) in [7, 11) is 0. The van der Waals surface area contributed by atoms with Gasteiger partial charge >= 0.3 is 0 Å². The van der Waals surface area contributed by atoms with E-state index in [9.17, 15) is 5.11 Å². The van der Waals surface area contributed by atoms with Gasteiger partial charge in [-0.25, -0.2) is 0 Å². The Balaban J connectivity index is 1.71. The Morgan fingerprint density at radius 3 is 2.30 bits per heavy atom. The number of hydrogen-bond acceptors (Lipinski definition) is 2. The van der Waals surface area contributed by atoms with Crippen molar-refractivity contribution in [3.63, 3.8) is 0 Å². The number of fused-ring (bicyclic) bond motifs is 3. The summed E-state index contributed by atoms with van der Waals surface area (Å²) in [5.74, 6) is 1.04. The van der Waals surface area contributed by atoms with Crippen LogP contribution in [0, 0.1) is 17.3 Å². The van der Waals surface area contributed by atoms with Gasteiger partial charge in [-0.2, -0.15) is 0 Å². The van der Waals surface area contributed by atoms with Crippen LogP contribution in [0.3, 0.4) is 0 Å². The average molecular weight is 407 g/mol. The second-order valence-electron chi connectivity index (χ2n) is 10.5. The number of rotatable bonds is 5. The maximum Gasteiger partial charge on any atom is 0.0863 e. The summed E-state index contributed by atoms with van der Waals surface area (Å²) in [5.41, 5.74) is 4.72. The molecule has 0 amide bonds. The predicted molar refractivity (Wildman–Crippen MR) is 124 cm³/mol. The van der Waals surface area contributed by atoms with Crippen LogP contribution in [-0.2, 0) is 16.6 Å². The first-order valence-corrected chi connectivity index (χ1v) is 11.7. The molecule has 0 heterocycles. The predicted octanol–water partition coefficient (Wildman–Crippen LogP) is 6.47. The van der Waals surface area contributed by atoms with Gasteiger partial charge in [0.15, 0.2) is 0 Å². The molecule has 0 saturated heterocycles. The van der Waals surface area contributed by atoms with Crippen molar-refractivity contribution in [3.05, 3.63) is 71.3 Å². The van der Waals surface area contributed by atoms with Crippen molar-refractivity contribution in [2.24, 2.45) is 17.3 Å². The molecular formula is C28H38O2. The molecule has 2 aliphatic carbocycles. The smallest absolute Gasteiger partial charge is 0.0863 e. The molecule has 2 aromatic rings. The highest BCUT2D eigenvalue weighted by atomic mass is 16.5. The lowest BCUT2D eigenvalue weighted by molar-refractivity contribution is -0.137. The third-order valence-electron chi connectivity index (χ3n) is 8.47. The zero-order valence-electron chi connectivity index (χ0n) is 19.3. The summed E-state index contributed by atoms with van der Waals surface area (Å²) in [4.78, 5) is 0. The van der Waals surface area contributed by atoms with E-state index in [2.05, 4.69) is 75.4 Å². The van der Waals surface area contributed by atoms with Gasteiger partial charge in [0.1, 0.15) is 0 Å². The summed E-state index contributed by atoms with van der Waals surface area (Å²) in [6, 6.07) is 19.8. The van der Waals surface area contributed by atoms with Gasteiger partial charge in [-0.05, 0) is 78.9 Å². The molecule has 1 fully saturated rings. The van der Waals surface area contributed by atoms with Crippen LogP contribution < -0.4 is 0 Å². The summed E-state index contributed by atoms with van der Waals surface area (Å²) in [6.07, 6.45) is 4.09. The highest BCUT2D eigenvalue weighted by Gasteiger charge is 2.55. The highest BCUT2D eigenvalue weighted by Crippen LogP contribution is 2.61. The van der Waals surface area contributed by atoms with Crippen LogP contribution in [0.5, 0.6) is 0 Å². The molecule has 0 aliphatic heterocycles. The van der Waals surface area contributed by atoms with E-state index in [4.69, 9.17) is 4.74 Å². The van der Waals surface area contributed by atoms with Crippen LogP contribution in [0.2, 0.25) is 0 Å². The van der Waals surface area contributed by atoms with E-state index < -0.39 is 6.10 Å². The third kappa shape index (κ3) is 3.63. The van der Waals surface area contributed by atoms with Crippen LogP contribution in [0.1, 0.15) is 76.7 Å². The van der Waals surface area contributed by atoms with E-state index in [1.165, 1.54) is 24.8 Å². The zero-order valence-corrected chi connectivity index (χ0v) is 19.3. The largest absolute Gasteiger partial charge is 0.391 e. The number of benzene rings is 2. The number of hydrogen-bond donors (Lipinski definition) is 1. The van der Waals surface area contributed by atoms with Gasteiger partial charge in [0, 0.05) is 0 Å². The van der Waals surface area contributed by atoms with Crippen molar-refractivity contribution in [3.8, 4) is 0 Å². The van der Waals surface area contributed by atoms with E-state index in [0.717, 1.165) is 6.42 Å². The summed E-state index contributed by atoms with van der Waals surface area (Å²) in [5, 5.41) is 10.2. The number of ether oxygens (including phenoxy) is 1. The Morgan fingerprint density at radius 2 is 1.60 bits per heavy atom. The topological polar surface area (TPSA) is 29.5 Å². The molecule has 0 bridgehead atoms. The molecule has 1 saturated carbocycles. The summed E-state index contributed by atoms with van der Waals surface area (Å²) >= 11 is 0. The van der Waals surface area contributed by atoms with Gasteiger partial charge in [0.25, 0.3) is 0 Å². The zero-order chi connectivity index (χ0) is 21.5. The Labute approximate surface area is 182 Å². The minimum absolute atomic E-state index is 0.00696. The van der Waals surface area contributed by atoms with E-state index in [1.807, 2.05) is 13.8 Å². The molecule has 2 aromatic carbocycles. The van der Waals surface area contributed by atoms with Crippen molar-refractivity contribution in [1.82, 2.24) is 0 Å². The first kappa shape index (κ1) is 21.6. The Kier molecular flexibility index (Phi) is 5.85. The minimum Gasteiger partial charge on any atom is -0.391 e. The molecule has 2 aliphatic rings. The molecule has 162 valence electrons. The number of aliphatic hydroxyl groups excluding tert-OH is 1. The van der Waals surface area contributed by atoms with Gasteiger partial charge in [0.05, 0.1) is 18.3 Å². The standard InChI is InChI=1S/C28H38O2/c1-19(29)20(2)30-26(22-12-7-6-8-13-22)24-17-18-28(5)23-14-10-9-11-21(23)15-16-25(28)27(24,3)4/h6-14,19-20,24-26,29H,15-18H2,1-5H3/t19-,20-,24+,25-,26-,28+/m0/s1. The fraction of sp³-hybridized carbons (Fsp3) is 0.571. The van der Waals surface area contributed by atoms with Gasteiger partial charge < -0.3 is 9.84 Å². The first-order valence-electron chi connectivity index (χ1n) is 11.7. The normalized spacial score (nSPS) is 30.6. The first-order chi connectivity index (χ1) is 14.2. The lowest BCUT2D eigenvalue weighted by Gasteiger charge is -2.59. The molecule has 2 nitrogen and oxygen atoms in total. The monoisotopic (exact) mass is 406 g/mol. The van der Waals surface area contributed by atoms with Crippen molar-refractivity contribution in [2.45, 2.75) is 84.0 Å². The molecule has 0 spiro atoms. The van der Waals surface area contributed by atoms with E-state index >= 15 is 0 Å². The Bertz CT molecular complexity index is 856. The van der Waals surface area contributed by atoms with Crippen molar-refractivity contribution < 1.29 is 9.84 Å². The van der Waals surface area contributed by atoms with Crippen LogP contribution in [-0.4, -0.2) is 17.3 Å². The minimum atomic E-state index is -0.477. The van der Waals surface area contributed by atoms with Gasteiger partial charge in [0.2, 0.25) is 0 Å². The number of aliphatic hydroxyl groups is 1.